The lowest BCUT2D eigenvalue weighted by Gasteiger charge is -2.07. The highest BCUT2D eigenvalue weighted by Crippen LogP contribution is 2.23. The summed E-state index contributed by atoms with van der Waals surface area (Å²) in [6.45, 7) is 5.12. The number of aryl methyl sites for hydroxylation is 1. The third-order valence-electron chi connectivity index (χ3n) is 2.38. The summed E-state index contributed by atoms with van der Waals surface area (Å²) < 4.78 is 0. The molecule has 0 amide bonds. The Kier molecular flexibility index (Phi) is 4.09. The van der Waals surface area contributed by atoms with Gasteiger partial charge in [0.25, 0.3) is 0 Å². The van der Waals surface area contributed by atoms with E-state index in [0.717, 1.165) is 41.6 Å². The smallest absolute Gasteiger partial charge is 0.171 e. The summed E-state index contributed by atoms with van der Waals surface area (Å²) >= 11 is 1.68. The Morgan fingerprint density at radius 2 is 2.18 bits per heavy atom. The van der Waals surface area contributed by atoms with Gasteiger partial charge in [-0.1, -0.05) is 19.4 Å². The van der Waals surface area contributed by atoms with Crippen molar-refractivity contribution in [3.63, 3.8) is 0 Å². The lowest BCUT2D eigenvalue weighted by atomic mass is 10.2. The van der Waals surface area contributed by atoms with Crippen LogP contribution in [0.3, 0.4) is 0 Å². The summed E-state index contributed by atoms with van der Waals surface area (Å²) in [5, 5.41) is 5.32. The van der Waals surface area contributed by atoms with Gasteiger partial charge in [-0.05, 0) is 24.8 Å². The van der Waals surface area contributed by atoms with Crippen LogP contribution in [0.15, 0.2) is 23.6 Å². The van der Waals surface area contributed by atoms with Crippen LogP contribution in [0.4, 0.5) is 5.82 Å². The molecule has 0 saturated carbocycles. The third-order valence-corrected chi connectivity index (χ3v) is 3.25. The van der Waals surface area contributed by atoms with Crippen molar-refractivity contribution in [1.29, 1.82) is 0 Å². The molecule has 0 spiro atoms. The molecule has 4 heteroatoms. The molecule has 2 heterocycles. The summed E-state index contributed by atoms with van der Waals surface area (Å²) in [6, 6.07) is 6.14. The average molecular weight is 247 g/mol. The Labute approximate surface area is 106 Å². The van der Waals surface area contributed by atoms with Gasteiger partial charge in [-0.25, -0.2) is 9.97 Å². The summed E-state index contributed by atoms with van der Waals surface area (Å²) in [5.41, 5.74) is 1.11. The van der Waals surface area contributed by atoms with Gasteiger partial charge in [0.2, 0.25) is 0 Å². The van der Waals surface area contributed by atoms with E-state index in [0.29, 0.717) is 0 Å². The minimum Gasteiger partial charge on any atom is -0.370 e. The first-order valence-corrected chi connectivity index (χ1v) is 6.87. The number of anilines is 1. The van der Waals surface area contributed by atoms with Gasteiger partial charge in [0.05, 0.1) is 4.88 Å². The van der Waals surface area contributed by atoms with Gasteiger partial charge in [0.15, 0.2) is 5.82 Å². The van der Waals surface area contributed by atoms with Crippen LogP contribution < -0.4 is 5.32 Å². The molecule has 2 rings (SSSR count). The first kappa shape index (κ1) is 12.0. The summed E-state index contributed by atoms with van der Waals surface area (Å²) in [5.74, 6) is 1.76. The molecule has 17 heavy (non-hydrogen) atoms. The average Bonchev–Trinajstić information content (AvgIpc) is 2.83. The quantitative estimate of drug-likeness (QED) is 0.877. The van der Waals surface area contributed by atoms with E-state index in [4.69, 9.17) is 0 Å². The molecule has 0 aliphatic carbocycles. The molecular formula is C13H17N3S. The number of hydrogen-bond donors (Lipinski definition) is 1. The lowest BCUT2D eigenvalue weighted by Crippen LogP contribution is -2.03. The second kappa shape index (κ2) is 5.77. The molecule has 2 aromatic heterocycles. The fourth-order valence-corrected chi connectivity index (χ4v) is 2.33. The Hall–Kier alpha value is -1.42. The molecule has 0 bridgehead atoms. The van der Waals surface area contributed by atoms with Crippen molar-refractivity contribution >= 4 is 17.2 Å². The van der Waals surface area contributed by atoms with Crippen LogP contribution in [0.25, 0.3) is 10.7 Å². The minimum atomic E-state index is 0.835. The molecule has 0 atom stereocenters. The lowest BCUT2D eigenvalue weighted by molar-refractivity contribution is 0.875. The van der Waals surface area contributed by atoms with Gasteiger partial charge in [0.1, 0.15) is 5.82 Å². The van der Waals surface area contributed by atoms with E-state index in [-0.39, 0.29) is 0 Å². The predicted octanol–water partition coefficient (Wildman–Crippen LogP) is 3.59. The van der Waals surface area contributed by atoms with Crippen LogP contribution in [0.5, 0.6) is 0 Å². The van der Waals surface area contributed by atoms with Gasteiger partial charge >= 0.3 is 0 Å². The summed E-state index contributed by atoms with van der Waals surface area (Å²) in [6.07, 6.45) is 2.10. The molecule has 0 radical (unpaired) electrons. The van der Waals surface area contributed by atoms with Crippen molar-refractivity contribution in [2.75, 3.05) is 11.9 Å². The molecule has 3 nitrogen and oxygen atoms in total. The zero-order valence-electron chi connectivity index (χ0n) is 10.2. The number of aromatic nitrogens is 2. The Balaban J connectivity index is 2.37. The molecule has 0 aliphatic rings. The van der Waals surface area contributed by atoms with Gasteiger partial charge in [0, 0.05) is 18.3 Å². The fourth-order valence-electron chi connectivity index (χ4n) is 1.67. The van der Waals surface area contributed by atoms with Crippen molar-refractivity contribution in [3.8, 4) is 10.7 Å². The van der Waals surface area contributed by atoms with Gasteiger partial charge in [-0.15, -0.1) is 11.3 Å². The second-order valence-electron chi connectivity index (χ2n) is 3.83. The van der Waals surface area contributed by atoms with E-state index in [2.05, 4.69) is 40.6 Å². The largest absolute Gasteiger partial charge is 0.370 e. The zero-order valence-corrected chi connectivity index (χ0v) is 11.0. The van der Waals surface area contributed by atoms with Crippen molar-refractivity contribution in [2.24, 2.45) is 0 Å². The fraction of sp³-hybridized carbons (Fsp3) is 0.385. The number of thiophene rings is 1. The van der Waals surface area contributed by atoms with Crippen molar-refractivity contribution in [1.82, 2.24) is 9.97 Å². The predicted molar refractivity (Wildman–Crippen MR) is 73.5 cm³/mol. The van der Waals surface area contributed by atoms with E-state index in [9.17, 15) is 0 Å². The van der Waals surface area contributed by atoms with Crippen molar-refractivity contribution in [3.05, 3.63) is 29.3 Å². The van der Waals surface area contributed by atoms with Crippen LogP contribution in [0.2, 0.25) is 0 Å². The van der Waals surface area contributed by atoms with Gasteiger partial charge in [-0.3, -0.25) is 0 Å². The van der Waals surface area contributed by atoms with Crippen molar-refractivity contribution in [2.45, 2.75) is 26.7 Å². The Bertz CT molecular complexity index is 441. The highest BCUT2D eigenvalue weighted by molar-refractivity contribution is 7.13. The first-order chi connectivity index (χ1) is 8.33. The van der Waals surface area contributed by atoms with E-state index in [1.54, 1.807) is 11.3 Å². The maximum absolute atomic E-state index is 4.61. The second-order valence-corrected chi connectivity index (χ2v) is 4.77. The van der Waals surface area contributed by atoms with Crippen LogP contribution in [0.1, 0.15) is 26.0 Å². The molecule has 1 N–H and O–H groups in total. The van der Waals surface area contributed by atoms with Crippen molar-refractivity contribution < 1.29 is 0 Å². The number of rotatable bonds is 5. The zero-order chi connectivity index (χ0) is 12.1. The van der Waals surface area contributed by atoms with E-state index >= 15 is 0 Å². The maximum atomic E-state index is 4.61. The third kappa shape index (κ3) is 3.03. The van der Waals surface area contributed by atoms with E-state index in [1.165, 1.54) is 0 Å². The van der Waals surface area contributed by atoms with E-state index < -0.39 is 0 Å². The van der Waals surface area contributed by atoms with Crippen LogP contribution in [-0.4, -0.2) is 16.5 Å². The molecule has 0 unspecified atom stereocenters. The van der Waals surface area contributed by atoms with E-state index in [1.807, 2.05) is 12.1 Å². The normalized spacial score (nSPS) is 10.5. The van der Waals surface area contributed by atoms with Crippen LogP contribution in [-0.2, 0) is 6.42 Å². The first-order valence-electron chi connectivity index (χ1n) is 5.99. The minimum absolute atomic E-state index is 0.835. The number of hydrogen-bond acceptors (Lipinski definition) is 4. The van der Waals surface area contributed by atoms with Gasteiger partial charge < -0.3 is 5.32 Å². The Morgan fingerprint density at radius 1 is 1.29 bits per heavy atom. The monoisotopic (exact) mass is 247 g/mol. The number of nitrogens with zero attached hydrogens (tertiary/aromatic N) is 2. The highest BCUT2D eigenvalue weighted by Gasteiger charge is 2.06. The molecule has 0 aromatic carbocycles. The topological polar surface area (TPSA) is 37.8 Å². The molecule has 0 fully saturated rings. The molecular weight excluding hydrogens is 230 g/mol. The molecule has 90 valence electrons. The highest BCUT2D eigenvalue weighted by atomic mass is 32.1. The Morgan fingerprint density at radius 3 is 2.82 bits per heavy atom. The number of nitrogens with one attached hydrogen (secondary N) is 1. The summed E-state index contributed by atoms with van der Waals surface area (Å²) in [4.78, 5) is 10.3. The van der Waals surface area contributed by atoms with Crippen LogP contribution >= 0.6 is 11.3 Å². The standard InChI is InChI=1S/C13H17N3S/c1-3-6-10-9-12(14-4-2)16-13(15-10)11-7-5-8-17-11/h5,7-9H,3-4,6H2,1-2H3,(H,14,15,16). The SMILES string of the molecule is CCCc1cc(NCC)nc(-c2cccs2)n1. The molecule has 0 aliphatic heterocycles. The van der Waals surface area contributed by atoms with Gasteiger partial charge in [-0.2, -0.15) is 0 Å². The molecule has 0 saturated heterocycles. The summed E-state index contributed by atoms with van der Waals surface area (Å²) in [7, 11) is 0. The van der Waals surface area contributed by atoms with Crippen LogP contribution in [0, 0.1) is 0 Å². The maximum Gasteiger partial charge on any atom is 0.171 e. The molecule has 2 aromatic rings.